The molecule has 1 atom stereocenters. The number of halogens is 2. The summed E-state index contributed by atoms with van der Waals surface area (Å²) >= 11 is 9.47. The van der Waals surface area contributed by atoms with E-state index in [0.717, 1.165) is 15.6 Å². The molecule has 21 heavy (non-hydrogen) atoms. The highest BCUT2D eigenvalue weighted by Gasteiger charge is 2.42. The lowest BCUT2D eigenvalue weighted by atomic mass is 10.0. The topological polar surface area (TPSA) is 30.8 Å². The van der Waals surface area contributed by atoms with Gasteiger partial charge in [-0.1, -0.05) is 52.7 Å². The molecule has 2 aromatic rings. The molecule has 2 aromatic carbocycles. The molecule has 1 unspecified atom stereocenters. The fraction of sp³-hybridized carbons (Fsp3) is 0.188. The standard InChI is InChI=1S/C16H13BrClNO2/c1-2-16(12-6-4-7-13(17)10-12)20-15(19-21-16)11-5-3-8-14(18)9-11/h3-10H,2H2,1H3. The van der Waals surface area contributed by atoms with E-state index in [9.17, 15) is 0 Å². The minimum atomic E-state index is -0.887. The molecule has 1 aliphatic rings. The first kappa shape index (κ1) is 14.4. The number of benzene rings is 2. The number of oxime groups is 1. The molecule has 0 fully saturated rings. The van der Waals surface area contributed by atoms with Gasteiger partial charge in [-0.3, -0.25) is 0 Å². The highest BCUT2D eigenvalue weighted by atomic mass is 79.9. The Labute approximate surface area is 136 Å². The molecule has 0 bridgehead atoms. The number of nitrogens with zero attached hydrogens (tertiary/aromatic N) is 1. The molecule has 5 heteroatoms. The number of hydrogen-bond acceptors (Lipinski definition) is 3. The van der Waals surface area contributed by atoms with E-state index in [4.69, 9.17) is 21.2 Å². The van der Waals surface area contributed by atoms with Crippen LogP contribution in [0.1, 0.15) is 24.5 Å². The Morgan fingerprint density at radius 2 is 2.00 bits per heavy atom. The maximum atomic E-state index is 6.03. The van der Waals surface area contributed by atoms with Crippen LogP contribution in [0.4, 0.5) is 0 Å². The Balaban J connectivity index is 1.92. The van der Waals surface area contributed by atoms with Crippen LogP contribution in [0.5, 0.6) is 0 Å². The van der Waals surface area contributed by atoms with Gasteiger partial charge in [0, 0.05) is 27.0 Å². The summed E-state index contributed by atoms with van der Waals surface area (Å²) in [5, 5.41) is 4.73. The average molecular weight is 367 g/mol. The van der Waals surface area contributed by atoms with E-state index in [0.29, 0.717) is 17.3 Å². The quantitative estimate of drug-likeness (QED) is 0.759. The van der Waals surface area contributed by atoms with Crippen molar-refractivity contribution in [2.24, 2.45) is 5.16 Å². The van der Waals surface area contributed by atoms with E-state index in [-0.39, 0.29) is 0 Å². The smallest absolute Gasteiger partial charge is 0.303 e. The largest absolute Gasteiger partial charge is 0.426 e. The zero-order valence-corrected chi connectivity index (χ0v) is 13.7. The fourth-order valence-electron chi connectivity index (χ4n) is 2.22. The molecule has 1 aliphatic heterocycles. The molecule has 0 amide bonds. The molecule has 3 rings (SSSR count). The second-order valence-electron chi connectivity index (χ2n) is 4.72. The second-order valence-corrected chi connectivity index (χ2v) is 6.07. The summed E-state index contributed by atoms with van der Waals surface area (Å²) < 4.78 is 7.00. The molecule has 0 spiro atoms. The van der Waals surface area contributed by atoms with Crippen molar-refractivity contribution in [3.63, 3.8) is 0 Å². The van der Waals surface area contributed by atoms with E-state index in [1.54, 1.807) is 6.07 Å². The summed E-state index contributed by atoms with van der Waals surface area (Å²) in [4.78, 5) is 5.64. The van der Waals surface area contributed by atoms with E-state index in [2.05, 4.69) is 21.1 Å². The van der Waals surface area contributed by atoms with Gasteiger partial charge in [0.25, 0.3) is 5.90 Å². The van der Waals surface area contributed by atoms with Gasteiger partial charge in [-0.2, -0.15) is 0 Å². The monoisotopic (exact) mass is 365 g/mol. The van der Waals surface area contributed by atoms with Crippen LogP contribution in [-0.2, 0) is 15.4 Å². The van der Waals surface area contributed by atoms with E-state index >= 15 is 0 Å². The van der Waals surface area contributed by atoms with Gasteiger partial charge >= 0.3 is 5.79 Å². The van der Waals surface area contributed by atoms with Gasteiger partial charge in [0.2, 0.25) is 0 Å². The Kier molecular flexibility index (Phi) is 3.91. The summed E-state index contributed by atoms with van der Waals surface area (Å²) in [6, 6.07) is 15.2. The Hall–Kier alpha value is -1.52. The Bertz CT molecular complexity index is 704. The van der Waals surface area contributed by atoms with Crippen molar-refractivity contribution in [2.75, 3.05) is 0 Å². The summed E-state index contributed by atoms with van der Waals surface area (Å²) in [5.41, 5.74) is 1.72. The van der Waals surface area contributed by atoms with Crippen molar-refractivity contribution < 1.29 is 9.57 Å². The number of hydrogen-bond donors (Lipinski definition) is 0. The number of ether oxygens (including phenoxy) is 1. The molecule has 1 heterocycles. The molecule has 108 valence electrons. The summed E-state index contributed by atoms with van der Waals surface area (Å²) in [6.45, 7) is 2.00. The van der Waals surface area contributed by atoms with Gasteiger partial charge in [-0.25, -0.2) is 0 Å². The third-order valence-corrected chi connectivity index (χ3v) is 4.07. The lowest BCUT2D eigenvalue weighted by Crippen LogP contribution is -2.28. The Morgan fingerprint density at radius 1 is 1.19 bits per heavy atom. The molecule has 3 nitrogen and oxygen atoms in total. The van der Waals surface area contributed by atoms with E-state index < -0.39 is 5.79 Å². The first-order valence-electron chi connectivity index (χ1n) is 6.60. The predicted molar refractivity (Wildman–Crippen MR) is 86.3 cm³/mol. The summed E-state index contributed by atoms with van der Waals surface area (Å²) in [5.74, 6) is -0.444. The zero-order valence-electron chi connectivity index (χ0n) is 11.3. The van der Waals surface area contributed by atoms with Gasteiger partial charge in [-0.15, -0.1) is 0 Å². The van der Waals surface area contributed by atoms with Crippen LogP contribution in [0, 0.1) is 0 Å². The van der Waals surface area contributed by atoms with Gasteiger partial charge in [0.1, 0.15) is 0 Å². The van der Waals surface area contributed by atoms with Crippen LogP contribution >= 0.6 is 27.5 Å². The van der Waals surface area contributed by atoms with Crippen molar-refractivity contribution in [3.8, 4) is 0 Å². The van der Waals surface area contributed by atoms with Crippen molar-refractivity contribution in [1.82, 2.24) is 0 Å². The van der Waals surface area contributed by atoms with Crippen LogP contribution in [0.25, 0.3) is 0 Å². The maximum absolute atomic E-state index is 6.03. The molecule has 0 saturated heterocycles. The molecule has 0 aromatic heterocycles. The van der Waals surface area contributed by atoms with Crippen LogP contribution in [0.15, 0.2) is 58.2 Å². The van der Waals surface area contributed by atoms with Crippen LogP contribution < -0.4 is 0 Å². The minimum Gasteiger partial charge on any atom is -0.426 e. The zero-order chi connectivity index (χ0) is 14.9. The lowest BCUT2D eigenvalue weighted by Gasteiger charge is -2.25. The van der Waals surface area contributed by atoms with Crippen LogP contribution in [0.2, 0.25) is 5.02 Å². The van der Waals surface area contributed by atoms with Gasteiger partial charge < -0.3 is 9.57 Å². The normalized spacial score (nSPS) is 20.6. The van der Waals surface area contributed by atoms with Crippen LogP contribution in [0.3, 0.4) is 0 Å². The lowest BCUT2D eigenvalue weighted by molar-refractivity contribution is -0.169. The first-order chi connectivity index (χ1) is 10.1. The van der Waals surface area contributed by atoms with Crippen molar-refractivity contribution in [3.05, 3.63) is 69.2 Å². The molecule has 0 radical (unpaired) electrons. The van der Waals surface area contributed by atoms with Crippen molar-refractivity contribution >= 4 is 33.4 Å². The third-order valence-electron chi connectivity index (χ3n) is 3.34. The van der Waals surface area contributed by atoms with Gasteiger partial charge in [0.05, 0.1) is 0 Å². The van der Waals surface area contributed by atoms with Gasteiger partial charge in [0.15, 0.2) is 0 Å². The molecular weight excluding hydrogens is 354 g/mol. The minimum absolute atomic E-state index is 0.444. The first-order valence-corrected chi connectivity index (χ1v) is 7.77. The van der Waals surface area contributed by atoms with E-state index in [1.807, 2.05) is 49.4 Å². The maximum Gasteiger partial charge on any atom is 0.303 e. The van der Waals surface area contributed by atoms with Crippen molar-refractivity contribution in [1.29, 1.82) is 0 Å². The Morgan fingerprint density at radius 3 is 2.71 bits per heavy atom. The molecule has 0 N–H and O–H groups in total. The van der Waals surface area contributed by atoms with E-state index in [1.165, 1.54) is 0 Å². The van der Waals surface area contributed by atoms with Gasteiger partial charge in [-0.05, 0) is 35.5 Å². The predicted octanol–water partition coefficient (Wildman–Crippen LogP) is 5.07. The number of rotatable bonds is 3. The average Bonchev–Trinajstić information content (AvgIpc) is 2.93. The molecule has 0 aliphatic carbocycles. The summed E-state index contributed by atoms with van der Waals surface area (Å²) in [6.07, 6.45) is 0.636. The SMILES string of the molecule is CCC1(c2cccc(Br)c2)ON=C(c2cccc(Cl)c2)O1. The molecular formula is C16H13BrClNO2. The molecule has 0 saturated carbocycles. The fourth-order valence-corrected chi connectivity index (χ4v) is 2.81. The second kappa shape index (κ2) is 5.70. The highest BCUT2D eigenvalue weighted by Crippen LogP contribution is 2.37. The third kappa shape index (κ3) is 2.78. The summed E-state index contributed by atoms with van der Waals surface area (Å²) in [7, 11) is 0. The highest BCUT2D eigenvalue weighted by molar-refractivity contribution is 9.10. The van der Waals surface area contributed by atoms with Crippen molar-refractivity contribution in [2.45, 2.75) is 19.1 Å². The van der Waals surface area contributed by atoms with Crippen LogP contribution in [-0.4, -0.2) is 5.90 Å².